The Morgan fingerprint density at radius 3 is 2.92 bits per heavy atom. The molecule has 26 heavy (non-hydrogen) atoms. The number of benzene rings is 1. The quantitative estimate of drug-likeness (QED) is 0.547. The monoisotopic (exact) mass is 366 g/mol. The van der Waals surface area contributed by atoms with E-state index in [2.05, 4.69) is 28.5 Å². The molecule has 3 aromatic heterocycles. The Morgan fingerprint density at radius 2 is 2.12 bits per heavy atom. The smallest absolute Gasteiger partial charge is 0.233 e. The number of nitrogens with one attached hydrogen (secondary N) is 1. The molecule has 1 atom stereocenters. The minimum Gasteiger partial charge on any atom is -0.467 e. The van der Waals surface area contributed by atoms with Crippen molar-refractivity contribution in [2.24, 2.45) is 0 Å². The van der Waals surface area contributed by atoms with E-state index in [4.69, 9.17) is 4.42 Å². The Hall–Kier alpha value is -2.80. The van der Waals surface area contributed by atoms with Crippen molar-refractivity contribution in [2.75, 3.05) is 0 Å². The van der Waals surface area contributed by atoms with E-state index in [1.807, 2.05) is 41.7 Å². The van der Waals surface area contributed by atoms with Gasteiger partial charge in [-0.15, -0.1) is 10.2 Å². The van der Waals surface area contributed by atoms with Crippen LogP contribution in [0.15, 0.2) is 58.3 Å². The maximum Gasteiger partial charge on any atom is 0.233 e. The SMILES string of the molecule is Cc1cc2nnc(S[C@H](C)C(=O)NCc3ccco3)n2c2ccccc12. The summed E-state index contributed by atoms with van der Waals surface area (Å²) < 4.78 is 7.24. The predicted molar refractivity (Wildman–Crippen MR) is 101 cm³/mol. The number of amides is 1. The lowest BCUT2D eigenvalue weighted by atomic mass is 10.1. The van der Waals surface area contributed by atoms with Crippen LogP contribution in [0.1, 0.15) is 18.2 Å². The number of thioether (sulfide) groups is 1. The van der Waals surface area contributed by atoms with E-state index in [0.717, 1.165) is 27.9 Å². The number of carbonyl (C=O) groups excluding carboxylic acids is 1. The van der Waals surface area contributed by atoms with Crippen LogP contribution in [0.3, 0.4) is 0 Å². The number of rotatable bonds is 5. The van der Waals surface area contributed by atoms with Gasteiger partial charge in [0.25, 0.3) is 0 Å². The Labute approximate surface area is 154 Å². The second kappa shape index (κ2) is 6.84. The van der Waals surface area contributed by atoms with Gasteiger partial charge >= 0.3 is 0 Å². The molecule has 0 unspecified atom stereocenters. The number of nitrogens with zero attached hydrogens (tertiary/aromatic N) is 3. The fourth-order valence-corrected chi connectivity index (χ4v) is 3.79. The van der Waals surface area contributed by atoms with Crippen LogP contribution in [0.2, 0.25) is 0 Å². The summed E-state index contributed by atoms with van der Waals surface area (Å²) in [4.78, 5) is 12.4. The van der Waals surface area contributed by atoms with Crippen molar-refractivity contribution in [1.29, 1.82) is 0 Å². The zero-order chi connectivity index (χ0) is 18.1. The molecule has 0 saturated carbocycles. The third-order valence-electron chi connectivity index (χ3n) is 4.24. The number of aryl methyl sites for hydroxylation is 1. The molecule has 132 valence electrons. The average molecular weight is 366 g/mol. The number of hydrogen-bond acceptors (Lipinski definition) is 5. The van der Waals surface area contributed by atoms with Crippen LogP contribution in [0.25, 0.3) is 16.6 Å². The van der Waals surface area contributed by atoms with Crippen molar-refractivity contribution in [3.8, 4) is 0 Å². The Bertz CT molecular complexity index is 1070. The summed E-state index contributed by atoms with van der Waals surface area (Å²) in [6.45, 7) is 4.30. The van der Waals surface area contributed by atoms with Crippen LogP contribution in [-0.2, 0) is 11.3 Å². The van der Waals surface area contributed by atoms with E-state index >= 15 is 0 Å². The van der Waals surface area contributed by atoms with Gasteiger partial charge in [0.15, 0.2) is 10.8 Å². The van der Waals surface area contributed by atoms with E-state index in [-0.39, 0.29) is 11.2 Å². The Kier molecular flexibility index (Phi) is 4.38. The van der Waals surface area contributed by atoms with Gasteiger partial charge in [-0.3, -0.25) is 9.20 Å². The molecule has 0 bridgehead atoms. The molecule has 0 saturated heterocycles. The molecule has 7 heteroatoms. The average Bonchev–Trinajstić information content (AvgIpc) is 3.30. The van der Waals surface area contributed by atoms with Gasteiger partial charge in [-0.1, -0.05) is 30.0 Å². The van der Waals surface area contributed by atoms with E-state index in [9.17, 15) is 4.79 Å². The first-order valence-corrected chi connectivity index (χ1v) is 9.21. The zero-order valence-corrected chi connectivity index (χ0v) is 15.3. The molecule has 1 aromatic carbocycles. The van der Waals surface area contributed by atoms with Crippen molar-refractivity contribution in [2.45, 2.75) is 30.8 Å². The fourth-order valence-electron chi connectivity index (χ4n) is 2.89. The molecule has 0 radical (unpaired) electrons. The highest BCUT2D eigenvalue weighted by Gasteiger charge is 2.19. The minimum absolute atomic E-state index is 0.0698. The van der Waals surface area contributed by atoms with Crippen molar-refractivity contribution >= 4 is 34.2 Å². The molecule has 0 aliphatic carbocycles. The highest BCUT2D eigenvalue weighted by atomic mass is 32.2. The van der Waals surface area contributed by atoms with Gasteiger partial charge < -0.3 is 9.73 Å². The largest absolute Gasteiger partial charge is 0.467 e. The van der Waals surface area contributed by atoms with E-state index in [0.29, 0.717) is 11.7 Å². The van der Waals surface area contributed by atoms with Crippen molar-refractivity contribution in [1.82, 2.24) is 19.9 Å². The first kappa shape index (κ1) is 16.7. The summed E-state index contributed by atoms with van der Waals surface area (Å²) >= 11 is 1.39. The normalized spacial score (nSPS) is 12.5. The predicted octanol–water partition coefficient (Wildman–Crippen LogP) is 3.58. The summed E-state index contributed by atoms with van der Waals surface area (Å²) in [5.74, 6) is 0.657. The molecule has 4 rings (SSSR count). The van der Waals surface area contributed by atoms with Crippen LogP contribution < -0.4 is 5.32 Å². The maximum absolute atomic E-state index is 12.4. The number of carbonyl (C=O) groups is 1. The van der Waals surface area contributed by atoms with Gasteiger partial charge in [0, 0.05) is 5.39 Å². The number of para-hydroxylation sites is 1. The fraction of sp³-hybridized carbons (Fsp3) is 0.211. The number of pyridine rings is 1. The lowest BCUT2D eigenvalue weighted by Crippen LogP contribution is -2.30. The Morgan fingerprint density at radius 1 is 1.27 bits per heavy atom. The third-order valence-corrected chi connectivity index (χ3v) is 5.28. The highest BCUT2D eigenvalue weighted by molar-refractivity contribution is 8.00. The van der Waals surface area contributed by atoms with Crippen molar-refractivity contribution in [3.63, 3.8) is 0 Å². The van der Waals surface area contributed by atoms with Crippen LogP contribution in [0.4, 0.5) is 0 Å². The topological polar surface area (TPSA) is 72.4 Å². The molecule has 0 aliphatic heterocycles. The van der Waals surface area contributed by atoms with E-state index in [1.165, 1.54) is 11.8 Å². The van der Waals surface area contributed by atoms with Crippen LogP contribution in [-0.4, -0.2) is 25.8 Å². The van der Waals surface area contributed by atoms with Crippen LogP contribution >= 0.6 is 11.8 Å². The number of hydrogen-bond donors (Lipinski definition) is 1. The Balaban J connectivity index is 1.59. The summed E-state index contributed by atoms with van der Waals surface area (Å²) in [5.41, 5.74) is 2.98. The van der Waals surface area contributed by atoms with Gasteiger partial charge in [-0.2, -0.15) is 0 Å². The van der Waals surface area contributed by atoms with E-state index < -0.39 is 0 Å². The van der Waals surface area contributed by atoms with Crippen molar-refractivity contribution in [3.05, 3.63) is 60.1 Å². The van der Waals surface area contributed by atoms with Gasteiger partial charge in [-0.25, -0.2) is 0 Å². The van der Waals surface area contributed by atoms with Crippen molar-refractivity contribution < 1.29 is 9.21 Å². The van der Waals surface area contributed by atoms with Gasteiger partial charge in [0.1, 0.15) is 5.76 Å². The molecular weight excluding hydrogens is 348 g/mol. The van der Waals surface area contributed by atoms with Gasteiger partial charge in [-0.05, 0) is 43.7 Å². The third kappa shape index (κ3) is 3.06. The van der Waals surface area contributed by atoms with E-state index in [1.54, 1.807) is 12.3 Å². The summed E-state index contributed by atoms with van der Waals surface area (Å²) in [5, 5.41) is 13.0. The first-order valence-electron chi connectivity index (χ1n) is 8.33. The summed E-state index contributed by atoms with van der Waals surface area (Å²) in [7, 11) is 0. The zero-order valence-electron chi connectivity index (χ0n) is 14.5. The van der Waals surface area contributed by atoms with Gasteiger partial charge in [0.2, 0.25) is 5.91 Å². The maximum atomic E-state index is 12.4. The standard InChI is InChI=1S/C19H18N4O2S/c1-12-10-17-21-22-19(23(17)16-8-4-3-7-15(12)16)26-13(2)18(24)20-11-14-6-5-9-25-14/h3-10,13H,11H2,1-2H3,(H,20,24)/t13-/m1/s1. The molecule has 6 nitrogen and oxygen atoms in total. The summed E-state index contributed by atoms with van der Waals surface area (Å²) in [6.07, 6.45) is 1.59. The highest BCUT2D eigenvalue weighted by Crippen LogP contribution is 2.27. The second-order valence-electron chi connectivity index (χ2n) is 6.08. The number of fused-ring (bicyclic) bond motifs is 3. The molecule has 1 amide bonds. The first-order chi connectivity index (χ1) is 12.6. The summed E-state index contributed by atoms with van der Waals surface area (Å²) in [6, 6.07) is 13.8. The molecule has 0 spiro atoms. The van der Waals surface area contributed by atoms with Crippen LogP contribution in [0.5, 0.6) is 0 Å². The number of furan rings is 1. The molecule has 3 heterocycles. The lowest BCUT2D eigenvalue weighted by molar-refractivity contribution is -0.120. The number of aromatic nitrogens is 3. The molecule has 0 fully saturated rings. The second-order valence-corrected chi connectivity index (χ2v) is 7.39. The molecule has 4 aromatic rings. The molecule has 1 N–H and O–H groups in total. The molecular formula is C19H18N4O2S. The minimum atomic E-state index is -0.308. The van der Waals surface area contributed by atoms with Crippen LogP contribution in [0, 0.1) is 6.92 Å². The molecule has 0 aliphatic rings. The lowest BCUT2D eigenvalue weighted by Gasteiger charge is -2.11. The van der Waals surface area contributed by atoms with Gasteiger partial charge in [0.05, 0.1) is 23.6 Å².